The highest BCUT2D eigenvalue weighted by atomic mass is 19.4. The molecule has 1 rings (SSSR count). The minimum absolute atomic E-state index is 0.114. The molecule has 9 heteroatoms. The summed E-state index contributed by atoms with van der Waals surface area (Å²) < 4.78 is 41.8. The average Bonchev–Trinajstić information content (AvgIpc) is 2.35. The van der Waals surface area contributed by atoms with E-state index in [0.717, 1.165) is 0 Å². The van der Waals surface area contributed by atoms with Gasteiger partial charge in [-0.2, -0.15) is 13.2 Å². The maximum atomic E-state index is 12.3. The second-order valence-electron chi connectivity index (χ2n) is 6.15. The number of nitrogens with zero attached hydrogens (tertiary/aromatic N) is 2. The molecule has 1 heterocycles. The summed E-state index contributed by atoms with van der Waals surface area (Å²) >= 11 is 0. The smallest absolute Gasteiger partial charge is 0.415 e. The maximum Gasteiger partial charge on any atom is 0.415 e. The van der Waals surface area contributed by atoms with E-state index in [4.69, 9.17) is 9.84 Å². The average molecular weight is 326 g/mol. The van der Waals surface area contributed by atoms with E-state index in [2.05, 4.69) is 0 Å². The topological polar surface area (TPSA) is 70.1 Å². The van der Waals surface area contributed by atoms with Crippen molar-refractivity contribution >= 4 is 11.9 Å². The molecule has 0 bridgehead atoms. The highest BCUT2D eigenvalue weighted by Crippen LogP contribution is 2.21. The van der Waals surface area contributed by atoms with Crippen LogP contribution in [0.15, 0.2) is 0 Å². The number of esters is 1. The van der Waals surface area contributed by atoms with Gasteiger partial charge < -0.3 is 14.7 Å². The number of amides is 1. The van der Waals surface area contributed by atoms with Gasteiger partial charge in [0.25, 0.3) is 0 Å². The third-order valence-electron chi connectivity index (χ3n) is 3.04. The normalized spacial score (nSPS) is 19.0. The first-order valence-electron chi connectivity index (χ1n) is 6.89. The number of aliphatic hydroxyl groups is 1. The van der Waals surface area contributed by atoms with E-state index in [1.165, 1.54) is 9.80 Å². The van der Waals surface area contributed by atoms with Crippen LogP contribution in [0.1, 0.15) is 20.8 Å². The van der Waals surface area contributed by atoms with Crippen molar-refractivity contribution in [1.29, 1.82) is 0 Å². The number of alkyl halides is 3. The number of carbonyl (C=O) groups is 2. The van der Waals surface area contributed by atoms with E-state index in [-0.39, 0.29) is 26.2 Å². The molecule has 128 valence electrons. The number of ether oxygens (including phenoxy) is 1. The molecular formula is C13H21F3N2O4. The number of rotatable bonds is 2. The Balaban J connectivity index is 2.45. The van der Waals surface area contributed by atoms with Crippen LogP contribution in [-0.2, 0) is 14.3 Å². The number of halogens is 3. The fourth-order valence-electron chi connectivity index (χ4n) is 1.93. The first-order valence-corrected chi connectivity index (χ1v) is 6.89. The largest absolute Gasteiger partial charge is 0.453 e. The molecule has 22 heavy (non-hydrogen) atoms. The van der Waals surface area contributed by atoms with Gasteiger partial charge in [0.15, 0.2) is 6.10 Å². The van der Waals surface area contributed by atoms with Gasteiger partial charge >= 0.3 is 18.1 Å². The van der Waals surface area contributed by atoms with Gasteiger partial charge in [-0.1, -0.05) is 0 Å². The van der Waals surface area contributed by atoms with Crippen LogP contribution in [0.2, 0.25) is 0 Å². The minimum atomic E-state index is -4.66. The molecule has 1 amide bonds. The summed E-state index contributed by atoms with van der Waals surface area (Å²) in [5.41, 5.74) is -0.786. The van der Waals surface area contributed by atoms with Crippen LogP contribution in [0, 0.1) is 0 Å². The van der Waals surface area contributed by atoms with Crippen LogP contribution in [-0.4, -0.2) is 77.4 Å². The van der Waals surface area contributed by atoms with E-state index in [0.29, 0.717) is 0 Å². The number of hydrogen-bond acceptors (Lipinski definition) is 5. The van der Waals surface area contributed by atoms with Crippen molar-refractivity contribution in [3.8, 4) is 0 Å². The van der Waals surface area contributed by atoms with Crippen molar-refractivity contribution in [2.24, 2.45) is 0 Å². The molecule has 1 N–H and O–H groups in total. The molecule has 1 atom stereocenters. The van der Waals surface area contributed by atoms with Crippen molar-refractivity contribution in [2.45, 2.75) is 38.7 Å². The number of hydrogen-bond donors (Lipinski definition) is 1. The maximum absolute atomic E-state index is 12.3. The predicted molar refractivity (Wildman–Crippen MR) is 70.9 cm³/mol. The Morgan fingerprint density at radius 3 is 2.05 bits per heavy atom. The Hall–Kier alpha value is -1.35. The summed E-state index contributed by atoms with van der Waals surface area (Å²) in [6, 6.07) is 0. The lowest BCUT2D eigenvalue weighted by Crippen LogP contribution is -2.53. The highest BCUT2D eigenvalue weighted by Gasteiger charge is 2.40. The molecule has 1 aliphatic heterocycles. The molecule has 0 saturated carbocycles. The number of β-amino-alcohol motifs (C(OH)–C–C–N with tert-alkyl or cyclic N) is 1. The first-order chi connectivity index (χ1) is 9.90. The summed E-state index contributed by atoms with van der Waals surface area (Å²) in [4.78, 5) is 26.1. The van der Waals surface area contributed by atoms with Crippen molar-refractivity contribution in [2.75, 3.05) is 32.7 Å². The summed E-state index contributed by atoms with van der Waals surface area (Å²) in [5, 5.41) is 9.01. The van der Waals surface area contributed by atoms with Gasteiger partial charge in [0.2, 0.25) is 0 Å². The van der Waals surface area contributed by atoms with Crippen LogP contribution in [0.4, 0.5) is 13.2 Å². The Kier molecular flexibility index (Phi) is 5.80. The SMILES string of the molecule is CC(C)(C)OC(=O)C(=O)N1CCN(C[C@H](O)C(F)(F)F)CC1. The molecule has 6 nitrogen and oxygen atoms in total. The monoisotopic (exact) mass is 326 g/mol. The van der Waals surface area contributed by atoms with Gasteiger partial charge in [-0.3, -0.25) is 9.69 Å². The van der Waals surface area contributed by atoms with Gasteiger partial charge in [-0.25, -0.2) is 4.79 Å². The predicted octanol–water partition coefficient (Wildman–Crippen LogP) is 0.395. The van der Waals surface area contributed by atoms with Gasteiger partial charge in [0.1, 0.15) is 5.60 Å². The molecule has 1 saturated heterocycles. The molecule has 0 aliphatic carbocycles. The molecule has 0 aromatic carbocycles. The van der Waals surface area contributed by atoms with E-state index >= 15 is 0 Å². The van der Waals surface area contributed by atoms with Crippen LogP contribution in [0.25, 0.3) is 0 Å². The summed E-state index contributed by atoms with van der Waals surface area (Å²) in [5.74, 6) is -1.78. The molecule has 0 aromatic rings. The van der Waals surface area contributed by atoms with E-state index in [1.54, 1.807) is 20.8 Å². The Labute approximate surface area is 126 Å². The van der Waals surface area contributed by atoms with Gasteiger partial charge in [-0.15, -0.1) is 0 Å². The van der Waals surface area contributed by atoms with Crippen molar-refractivity contribution in [1.82, 2.24) is 9.80 Å². The highest BCUT2D eigenvalue weighted by molar-refractivity contribution is 6.32. The number of piperazine rings is 1. The van der Waals surface area contributed by atoms with Gasteiger partial charge in [0, 0.05) is 32.7 Å². The molecule has 0 radical (unpaired) electrons. The fraction of sp³-hybridized carbons (Fsp3) is 0.846. The Bertz CT molecular complexity index is 412. The molecular weight excluding hydrogens is 305 g/mol. The second-order valence-corrected chi connectivity index (χ2v) is 6.15. The molecule has 0 aromatic heterocycles. The fourth-order valence-corrected chi connectivity index (χ4v) is 1.93. The van der Waals surface area contributed by atoms with Crippen LogP contribution in [0.3, 0.4) is 0 Å². The third-order valence-corrected chi connectivity index (χ3v) is 3.04. The van der Waals surface area contributed by atoms with Crippen molar-refractivity contribution in [3.05, 3.63) is 0 Å². The summed E-state index contributed by atoms with van der Waals surface area (Å²) in [6.45, 7) is 4.89. The zero-order valence-corrected chi connectivity index (χ0v) is 12.8. The molecule has 1 aliphatic rings. The quantitative estimate of drug-likeness (QED) is 0.587. The number of aliphatic hydroxyl groups excluding tert-OH is 1. The number of carbonyl (C=O) groups excluding carboxylic acids is 2. The Morgan fingerprint density at radius 1 is 1.14 bits per heavy atom. The summed E-state index contributed by atoms with van der Waals surface area (Å²) in [6.07, 6.45) is -7.08. The second kappa shape index (κ2) is 6.82. The van der Waals surface area contributed by atoms with Gasteiger partial charge in [0.05, 0.1) is 0 Å². The molecule has 0 unspecified atom stereocenters. The third kappa shape index (κ3) is 5.80. The summed E-state index contributed by atoms with van der Waals surface area (Å²) in [7, 11) is 0. The van der Waals surface area contributed by atoms with Crippen LogP contribution < -0.4 is 0 Å². The van der Waals surface area contributed by atoms with E-state index < -0.39 is 36.3 Å². The zero-order valence-electron chi connectivity index (χ0n) is 12.8. The minimum Gasteiger partial charge on any atom is -0.453 e. The van der Waals surface area contributed by atoms with Crippen molar-refractivity contribution < 1.29 is 32.6 Å². The van der Waals surface area contributed by atoms with Gasteiger partial charge in [-0.05, 0) is 20.8 Å². The first kappa shape index (κ1) is 18.7. The Morgan fingerprint density at radius 2 is 1.64 bits per heavy atom. The van der Waals surface area contributed by atoms with E-state index in [1.807, 2.05) is 0 Å². The van der Waals surface area contributed by atoms with E-state index in [9.17, 15) is 22.8 Å². The standard InChI is InChI=1S/C13H21F3N2O4/c1-12(2,3)22-11(21)10(20)18-6-4-17(5-7-18)8-9(19)13(14,15)16/h9,19H,4-8H2,1-3H3/t9-/m0/s1. The lowest BCUT2D eigenvalue weighted by Gasteiger charge is -2.35. The van der Waals surface area contributed by atoms with Crippen LogP contribution in [0.5, 0.6) is 0 Å². The van der Waals surface area contributed by atoms with Crippen LogP contribution >= 0.6 is 0 Å². The molecule has 0 spiro atoms. The lowest BCUT2D eigenvalue weighted by atomic mass is 10.2. The van der Waals surface area contributed by atoms with Crippen molar-refractivity contribution in [3.63, 3.8) is 0 Å². The molecule has 1 fully saturated rings. The lowest BCUT2D eigenvalue weighted by molar-refractivity contribution is -0.209. The zero-order chi connectivity index (χ0) is 17.1.